The van der Waals surface area contributed by atoms with Gasteiger partial charge in [0.25, 0.3) is 0 Å². The molecule has 0 saturated heterocycles. The number of phenolic OH excluding ortho intramolecular Hbond substituents is 1. The SMILES string of the molecule is CCCCOc1cccc(N=Cc2cc3c(cc2O)OC(N)=C(C#N)C3c2ccccc2)c1. The number of fused-ring (bicyclic) bond motifs is 1. The fourth-order valence-electron chi connectivity index (χ4n) is 3.74. The average Bonchev–Trinajstić information content (AvgIpc) is 2.83. The maximum atomic E-state index is 10.6. The van der Waals surface area contributed by atoms with E-state index >= 15 is 0 Å². The Kier molecular flexibility index (Phi) is 6.61. The number of nitriles is 1. The first-order valence-electron chi connectivity index (χ1n) is 10.9. The minimum atomic E-state index is -0.400. The number of ether oxygens (including phenoxy) is 2. The Labute approximate surface area is 193 Å². The van der Waals surface area contributed by atoms with Crippen LogP contribution in [-0.4, -0.2) is 17.9 Å². The summed E-state index contributed by atoms with van der Waals surface area (Å²) in [7, 11) is 0. The van der Waals surface area contributed by atoms with Crippen LogP contribution in [0, 0.1) is 11.3 Å². The highest BCUT2D eigenvalue weighted by atomic mass is 16.5. The molecule has 3 N–H and O–H groups in total. The lowest BCUT2D eigenvalue weighted by Crippen LogP contribution is -2.21. The van der Waals surface area contributed by atoms with Gasteiger partial charge in [-0.1, -0.05) is 49.7 Å². The maximum absolute atomic E-state index is 10.6. The Morgan fingerprint density at radius 3 is 2.73 bits per heavy atom. The number of phenols is 1. The highest BCUT2D eigenvalue weighted by Gasteiger charge is 2.31. The molecule has 0 bridgehead atoms. The van der Waals surface area contributed by atoms with Crippen molar-refractivity contribution in [3.05, 3.63) is 94.9 Å². The molecule has 1 atom stereocenters. The van der Waals surface area contributed by atoms with Crippen molar-refractivity contribution >= 4 is 11.9 Å². The molecule has 33 heavy (non-hydrogen) atoms. The van der Waals surface area contributed by atoms with Crippen molar-refractivity contribution in [2.45, 2.75) is 25.7 Å². The third-order valence-electron chi connectivity index (χ3n) is 5.43. The fourth-order valence-corrected chi connectivity index (χ4v) is 3.74. The summed E-state index contributed by atoms with van der Waals surface area (Å²) in [5, 5.41) is 20.3. The van der Waals surface area contributed by atoms with Gasteiger partial charge in [0.2, 0.25) is 5.88 Å². The van der Waals surface area contributed by atoms with Gasteiger partial charge in [-0.2, -0.15) is 5.26 Å². The molecule has 0 saturated carbocycles. The Morgan fingerprint density at radius 1 is 1.15 bits per heavy atom. The van der Waals surface area contributed by atoms with Crippen molar-refractivity contribution < 1.29 is 14.6 Å². The quantitative estimate of drug-likeness (QED) is 0.372. The summed E-state index contributed by atoms with van der Waals surface area (Å²) in [5.74, 6) is 0.821. The first kappa shape index (κ1) is 22.0. The van der Waals surface area contributed by atoms with Crippen LogP contribution < -0.4 is 15.2 Å². The van der Waals surface area contributed by atoms with Crippen LogP contribution in [0.5, 0.6) is 17.2 Å². The zero-order valence-corrected chi connectivity index (χ0v) is 18.4. The van der Waals surface area contributed by atoms with Crippen molar-refractivity contribution in [3.8, 4) is 23.3 Å². The lowest BCUT2D eigenvalue weighted by atomic mass is 9.83. The zero-order valence-electron chi connectivity index (χ0n) is 18.4. The topological polar surface area (TPSA) is 101 Å². The van der Waals surface area contributed by atoms with Gasteiger partial charge in [0.15, 0.2) is 0 Å². The smallest absolute Gasteiger partial charge is 0.205 e. The molecule has 3 aromatic carbocycles. The molecule has 6 heteroatoms. The van der Waals surface area contributed by atoms with E-state index in [0.717, 1.165) is 29.7 Å². The molecule has 0 spiro atoms. The van der Waals surface area contributed by atoms with Crippen molar-refractivity contribution in [2.75, 3.05) is 6.61 Å². The maximum Gasteiger partial charge on any atom is 0.205 e. The van der Waals surface area contributed by atoms with Crippen molar-refractivity contribution in [3.63, 3.8) is 0 Å². The predicted octanol–water partition coefficient (Wildman–Crippen LogP) is 5.54. The van der Waals surface area contributed by atoms with Crippen LogP contribution in [0.4, 0.5) is 5.69 Å². The van der Waals surface area contributed by atoms with Gasteiger partial charge in [-0.05, 0) is 30.2 Å². The third kappa shape index (κ3) is 4.83. The molecule has 0 aromatic heterocycles. The highest BCUT2D eigenvalue weighted by molar-refractivity contribution is 5.86. The molecule has 3 aromatic rings. The molecule has 1 aliphatic rings. The molecule has 0 fully saturated rings. The number of unbranched alkanes of at least 4 members (excludes halogenated alkanes) is 1. The van der Waals surface area contributed by atoms with E-state index in [4.69, 9.17) is 15.2 Å². The van der Waals surface area contributed by atoms with Gasteiger partial charge in [-0.25, -0.2) is 0 Å². The van der Waals surface area contributed by atoms with Crippen LogP contribution in [0.1, 0.15) is 42.4 Å². The van der Waals surface area contributed by atoms with E-state index in [1.165, 1.54) is 6.07 Å². The standard InChI is InChI=1S/C27H25N3O3/c1-2-3-12-32-21-11-7-10-20(14-21)30-17-19-13-22-25(15-24(19)31)33-27(29)23(16-28)26(22)18-8-5-4-6-9-18/h4-11,13-15,17,26,31H,2-3,12,29H2,1H3. The Morgan fingerprint density at radius 2 is 1.97 bits per heavy atom. The Hall–Kier alpha value is -4.24. The molecule has 166 valence electrons. The molecule has 6 nitrogen and oxygen atoms in total. The second-order valence-corrected chi connectivity index (χ2v) is 7.74. The minimum absolute atomic E-state index is 0.00729. The number of nitrogens with zero attached hydrogens (tertiary/aromatic N) is 2. The largest absolute Gasteiger partial charge is 0.507 e. The lowest BCUT2D eigenvalue weighted by Gasteiger charge is -2.27. The minimum Gasteiger partial charge on any atom is -0.507 e. The van der Waals surface area contributed by atoms with Gasteiger partial charge in [0.1, 0.15) is 28.9 Å². The van der Waals surface area contributed by atoms with Crippen LogP contribution in [0.2, 0.25) is 0 Å². The number of allylic oxidation sites excluding steroid dienone is 1. The summed E-state index contributed by atoms with van der Waals surface area (Å²) in [6, 6.07) is 22.6. The molecule has 0 radical (unpaired) electrons. The van der Waals surface area contributed by atoms with E-state index in [0.29, 0.717) is 29.2 Å². The van der Waals surface area contributed by atoms with E-state index in [2.05, 4.69) is 18.0 Å². The molecule has 4 rings (SSSR count). The lowest BCUT2D eigenvalue weighted by molar-refractivity contribution is 0.309. The summed E-state index contributed by atoms with van der Waals surface area (Å²) in [4.78, 5) is 4.52. The first-order chi connectivity index (χ1) is 16.1. The number of hydrogen-bond donors (Lipinski definition) is 2. The molecular weight excluding hydrogens is 414 g/mol. The number of benzene rings is 3. The van der Waals surface area contributed by atoms with Crippen molar-refractivity contribution in [1.82, 2.24) is 0 Å². The number of rotatable bonds is 7. The molecule has 0 amide bonds. The van der Waals surface area contributed by atoms with Crippen LogP contribution in [-0.2, 0) is 0 Å². The van der Waals surface area contributed by atoms with E-state index < -0.39 is 5.92 Å². The van der Waals surface area contributed by atoms with Gasteiger partial charge in [-0.3, -0.25) is 4.99 Å². The third-order valence-corrected chi connectivity index (χ3v) is 5.43. The summed E-state index contributed by atoms with van der Waals surface area (Å²) in [5.41, 5.74) is 9.22. The van der Waals surface area contributed by atoms with Crippen LogP contribution in [0.25, 0.3) is 0 Å². The molecule has 1 heterocycles. The van der Waals surface area contributed by atoms with Crippen LogP contribution in [0.15, 0.2) is 83.2 Å². The predicted molar refractivity (Wildman–Crippen MR) is 128 cm³/mol. The summed E-state index contributed by atoms with van der Waals surface area (Å²) >= 11 is 0. The molecule has 1 aliphatic heterocycles. The Bertz CT molecular complexity index is 1240. The Balaban J connectivity index is 1.68. The van der Waals surface area contributed by atoms with E-state index in [9.17, 15) is 10.4 Å². The van der Waals surface area contributed by atoms with Gasteiger partial charge in [0.05, 0.1) is 18.2 Å². The molecule has 1 unspecified atom stereocenters. The van der Waals surface area contributed by atoms with E-state index in [-0.39, 0.29) is 11.6 Å². The number of nitrogens with two attached hydrogens (primary N) is 1. The normalized spacial score (nSPS) is 15.1. The van der Waals surface area contributed by atoms with Crippen molar-refractivity contribution in [1.29, 1.82) is 5.26 Å². The van der Waals surface area contributed by atoms with Gasteiger partial charge in [-0.15, -0.1) is 0 Å². The van der Waals surface area contributed by atoms with E-state index in [1.807, 2.05) is 54.6 Å². The van der Waals surface area contributed by atoms with Gasteiger partial charge >= 0.3 is 0 Å². The monoisotopic (exact) mass is 439 g/mol. The second-order valence-electron chi connectivity index (χ2n) is 7.74. The number of aliphatic imine (C=N–C) groups is 1. The zero-order chi connectivity index (χ0) is 23.2. The molecular formula is C27H25N3O3. The summed E-state index contributed by atoms with van der Waals surface area (Å²) in [6.45, 7) is 2.78. The summed E-state index contributed by atoms with van der Waals surface area (Å²) in [6.07, 6.45) is 3.65. The average molecular weight is 440 g/mol. The number of hydrogen-bond acceptors (Lipinski definition) is 6. The van der Waals surface area contributed by atoms with E-state index in [1.54, 1.807) is 12.3 Å². The fraction of sp³-hybridized carbons (Fsp3) is 0.185. The number of aromatic hydroxyl groups is 1. The highest BCUT2D eigenvalue weighted by Crippen LogP contribution is 2.44. The molecule has 0 aliphatic carbocycles. The second kappa shape index (κ2) is 9.92. The van der Waals surface area contributed by atoms with Crippen LogP contribution in [0.3, 0.4) is 0 Å². The first-order valence-corrected chi connectivity index (χ1v) is 10.9. The van der Waals surface area contributed by atoms with Crippen molar-refractivity contribution in [2.24, 2.45) is 10.7 Å². The summed E-state index contributed by atoms with van der Waals surface area (Å²) < 4.78 is 11.4. The van der Waals surface area contributed by atoms with Gasteiger partial charge in [0, 0.05) is 29.5 Å². The van der Waals surface area contributed by atoms with Crippen LogP contribution >= 0.6 is 0 Å². The van der Waals surface area contributed by atoms with Gasteiger partial charge < -0.3 is 20.3 Å².